The van der Waals surface area contributed by atoms with Crippen molar-refractivity contribution in [3.63, 3.8) is 0 Å². The normalized spacial score (nSPS) is 23.3. The fraction of sp³-hybridized carbons (Fsp3) is 0.750. The van der Waals surface area contributed by atoms with Gasteiger partial charge in [-0.15, -0.1) is 0 Å². The smallest absolute Gasteiger partial charge is 0.0631 e. The molecule has 1 aliphatic heterocycles. The lowest BCUT2D eigenvalue weighted by molar-refractivity contribution is 0.588. The molecular weight excluding hydrogens is 268 g/mol. The molecule has 0 spiro atoms. The summed E-state index contributed by atoms with van der Waals surface area (Å²) < 4.78 is 0. The van der Waals surface area contributed by atoms with Gasteiger partial charge in [0.25, 0.3) is 0 Å². The first-order valence-corrected chi connectivity index (χ1v) is 9.60. The second kappa shape index (κ2) is 11.5. The first kappa shape index (κ1) is 17.3. The van der Waals surface area contributed by atoms with Crippen molar-refractivity contribution in [2.24, 2.45) is 5.10 Å². The fourth-order valence-corrected chi connectivity index (χ4v) is 3.35. The van der Waals surface area contributed by atoms with Gasteiger partial charge in [0.15, 0.2) is 0 Å². The summed E-state index contributed by atoms with van der Waals surface area (Å²) in [6.07, 6.45) is 25.4. The highest BCUT2D eigenvalue weighted by molar-refractivity contribution is 5.99. The number of allylic oxidation sites excluding steroid dienone is 4. The van der Waals surface area contributed by atoms with Gasteiger partial charge in [0, 0.05) is 6.54 Å². The summed E-state index contributed by atoms with van der Waals surface area (Å²) in [6.45, 7) is 1.00. The van der Waals surface area contributed by atoms with Gasteiger partial charge in [-0.05, 0) is 63.4 Å². The van der Waals surface area contributed by atoms with Crippen LogP contribution in [0.4, 0.5) is 0 Å². The molecule has 0 saturated carbocycles. The van der Waals surface area contributed by atoms with Crippen molar-refractivity contribution < 1.29 is 0 Å². The quantitative estimate of drug-likeness (QED) is 0.599. The van der Waals surface area contributed by atoms with Crippen molar-refractivity contribution >= 4 is 5.71 Å². The molecule has 0 atom stereocenters. The van der Waals surface area contributed by atoms with Crippen LogP contribution in [0.25, 0.3) is 0 Å². The first-order chi connectivity index (χ1) is 11.0. The summed E-state index contributed by atoms with van der Waals surface area (Å²) in [5, 5.41) is 4.77. The fourth-order valence-electron chi connectivity index (χ4n) is 3.35. The highest BCUT2D eigenvalue weighted by atomic mass is 15.3. The zero-order valence-electron chi connectivity index (χ0n) is 14.3. The molecule has 1 N–H and O–H groups in total. The topological polar surface area (TPSA) is 24.4 Å². The number of hydrogen-bond donors (Lipinski definition) is 1. The molecule has 0 bridgehead atoms. The van der Waals surface area contributed by atoms with E-state index in [2.05, 4.69) is 23.7 Å². The molecule has 2 aliphatic rings. The Balaban J connectivity index is 1.99. The van der Waals surface area contributed by atoms with Gasteiger partial charge in [-0.3, -0.25) is 0 Å². The van der Waals surface area contributed by atoms with E-state index in [-0.39, 0.29) is 0 Å². The third kappa shape index (κ3) is 7.29. The summed E-state index contributed by atoms with van der Waals surface area (Å²) in [5.74, 6) is 0. The Bertz CT molecular complexity index is 379. The van der Waals surface area contributed by atoms with E-state index >= 15 is 0 Å². The Morgan fingerprint density at radius 3 is 2.27 bits per heavy atom. The molecule has 0 aromatic heterocycles. The largest absolute Gasteiger partial charge is 0.310 e. The summed E-state index contributed by atoms with van der Waals surface area (Å²) in [6, 6.07) is 0. The van der Waals surface area contributed by atoms with Gasteiger partial charge in [-0.1, -0.05) is 50.3 Å². The number of hydrazone groups is 1. The molecule has 0 amide bonds. The first-order valence-electron chi connectivity index (χ1n) is 9.60. The van der Waals surface area contributed by atoms with Crippen molar-refractivity contribution in [1.29, 1.82) is 0 Å². The number of hydrogen-bond acceptors (Lipinski definition) is 2. The van der Waals surface area contributed by atoms with Gasteiger partial charge in [-0.25, -0.2) is 0 Å². The average Bonchev–Trinajstić information content (AvgIpc) is 2.64. The Morgan fingerprint density at radius 1 is 0.682 bits per heavy atom. The minimum absolute atomic E-state index is 1.00. The van der Waals surface area contributed by atoms with E-state index in [1.165, 1.54) is 94.8 Å². The standard InChI is InChI=1S/C20H34N2/c1-2-4-8-12-16-19(15-11-7-3-1)20-17-13-9-5-6-10-14-18-21-22-20/h5-6,15,21H,1-4,7-14,16-18H2. The van der Waals surface area contributed by atoms with Gasteiger partial charge in [0.05, 0.1) is 5.71 Å². The van der Waals surface area contributed by atoms with Gasteiger partial charge in [0.2, 0.25) is 0 Å². The Kier molecular flexibility index (Phi) is 9.05. The SMILES string of the molecule is C1=CCCCC(C2=CCCCCCCCCC2)=NNCCC1. The third-order valence-corrected chi connectivity index (χ3v) is 4.74. The second-order valence-electron chi connectivity index (χ2n) is 6.72. The van der Waals surface area contributed by atoms with Crippen LogP contribution in [0, 0.1) is 0 Å². The highest BCUT2D eigenvalue weighted by Crippen LogP contribution is 2.20. The second-order valence-corrected chi connectivity index (χ2v) is 6.72. The van der Waals surface area contributed by atoms with Crippen molar-refractivity contribution in [3.8, 4) is 0 Å². The molecular formula is C20H34N2. The number of rotatable bonds is 1. The molecule has 124 valence electrons. The van der Waals surface area contributed by atoms with E-state index in [1.807, 2.05) is 0 Å². The molecule has 1 heterocycles. The van der Waals surface area contributed by atoms with Crippen LogP contribution in [-0.2, 0) is 0 Å². The lowest BCUT2D eigenvalue weighted by atomic mass is 9.97. The van der Waals surface area contributed by atoms with Crippen LogP contribution >= 0.6 is 0 Å². The molecule has 0 unspecified atom stereocenters. The predicted octanol–water partition coefficient (Wildman–Crippen LogP) is 5.90. The minimum Gasteiger partial charge on any atom is -0.310 e. The van der Waals surface area contributed by atoms with Gasteiger partial charge in [-0.2, -0.15) is 5.10 Å². The number of nitrogens with one attached hydrogen (secondary N) is 1. The van der Waals surface area contributed by atoms with E-state index in [0.29, 0.717) is 0 Å². The van der Waals surface area contributed by atoms with Crippen molar-refractivity contribution in [2.45, 2.75) is 89.9 Å². The molecule has 0 radical (unpaired) electrons. The minimum atomic E-state index is 1.00. The van der Waals surface area contributed by atoms with E-state index in [1.54, 1.807) is 0 Å². The molecule has 22 heavy (non-hydrogen) atoms. The Labute approximate surface area is 137 Å². The maximum Gasteiger partial charge on any atom is 0.0631 e. The molecule has 2 nitrogen and oxygen atoms in total. The lowest BCUT2D eigenvalue weighted by Crippen LogP contribution is -2.14. The molecule has 0 fully saturated rings. The molecule has 0 aromatic carbocycles. The zero-order chi connectivity index (χ0) is 15.3. The Hall–Kier alpha value is -1.05. The van der Waals surface area contributed by atoms with E-state index in [4.69, 9.17) is 5.10 Å². The van der Waals surface area contributed by atoms with Crippen molar-refractivity contribution in [2.75, 3.05) is 6.54 Å². The van der Waals surface area contributed by atoms with Crippen LogP contribution in [0.3, 0.4) is 0 Å². The number of nitrogens with zero attached hydrogens (tertiary/aromatic N) is 1. The van der Waals surface area contributed by atoms with Gasteiger partial charge >= 0.3 is 0 Å². The van der Waals surface area contributed by atoms with Crippen LogP contribution in [0.15, 0.2) is 28.9 Å². The summed E-state index contributed by atoms with van der Waals surface area (Å²) in [4.78, 5) is 0. The molecule has 0 saturated heterocycles. The monoisotopic (exact) mass is 302 g/mol. The average molecular weight is 303 g/mol. The summed E-state index contributed by atoms with van der Waals surface area (Å²) in [5.41, 5.74) is 6.20. The lowest BCUT2D eigenvalue weighted by Gasteiger charge is -2.12. The van der Waals surface area contributed by atoms with Crippen molar-refractivity contribution in [1.82, 2.24) is 5.43 Å². The van der Waals surface area contributed by atoms with Crippen LogP contribution < -0.4 is 5.43 Å². The van der Waals surface area contributed by atoms with Gasteiger partial charge in [0.1, 0.15) is 0 Å². The molecule has 1 aliphatic carbocycles. The third-order valence-electron chi connectivity index (χ3n) is 4.74. The summed E-state index contributed by atoms with van der Waals surface area (Å²) in [7, 11) is 0. The summed E-state index contributed by atoms with van der Waals surface area (Å²) >= 11 is 0. The van der Waals surface area contributed by atoms with E-state index in [9.17, 15) is 0 Å². The highest BCUT2D eigenvalue weighted by Gasteiger charge is 2.09. The van der Waals surface area contributed by atoms with Crippen LogP contribution in [0.2, 0.25) is 0 Å². The van der Waals surface area contributed by atoms with E-state index in [0.717, 1.165) is 13.0 Å². The maximum atomic E-state index is 4.77. The van der Waals surface area contributed by atoms with Gasteiger partial charge < -0.3 is 5.43 Å². The maximum absolute atomic E-state index is 4.77. The van der Waals surface area contributed by atoms with E-state index < -0.39 is 0 Å². The predicted molar refractivity (Wildman–Crippen MR) is 97.3 cm³/mol. The van der Waals surface area contributed by atoms with Crippen molar-refractivity contribution in [3.05, 3.63) is 23.8 Å². The molecule has 2 rings (SSSR count). The molecule has 0 aromatic rings. The van der Waals surface area contributed by atoms with Crippen LogP contribution in [-0.4, -0.2) is 12.3 Å². The van der Waals surface area contributed by atoms with Crippen LogP contribution in [0.5, 0.6) is 0 Å². The van der Waals surface area contributed by atoms with Crippen LogP contribution in [0.1, 0.15) is 89.9 Å². The Morgan fingerprint density at radius 2 is 1.41 bits per heavy atom. The zero-order valence-corrected chi connectivity index (χ0v) is 14.3. The molecule has 2 heteroatoms.